The molecular formula is C19H20N2O. The van der Waals surface area contributed by atoms with Gasteiger partial charge in [-0.25, -0.2) is 0 Å². The first kappa shape index (κ1) is 13.6. The Labute approximate surface area is 130 Å². The molecule has 0 spiro atoms. The predicted molar refractivity (Wildman–Crippen MR) is 88.7 cm³/mol. The molecule has 4 rings (SSSR count). The monoisotopic (exact) mass is 292 g/mol. The summed E-state index contributed by atoms with van der Waals surface area (Å²) >= 11 is 0. The molecule has 0 unspecified atom stereocenters. The lowest BCUT2D eigenvalue weighted by Crippen LogP contribution is -2.33. The SMILES string of the molecule is O[C@@H](CN1CCc2ccccc2C1)c1c[nH]c2ccccc12. The lowest BCUT2D eigenvalue weighted by molar-refractivity contribution is 0.107. The van der Waals surface area contributed by atoms with Gasteiger partial charge in [0.15, 0.2) is 0 Å². The van der Waals surface area contributed by atoms with Crippen molar-refractivity contribution in [1.82, 2.24) is 9.88 Å². The van der Waals surface area contributed by atoms with Crippen molar-refractivity contribution in [3.05, 3.63) is 71.4 Å². The highest BCUT2D eigenvalue weighted by Gasteiger charge is 2.20. The Hall–Kier alpha value is -2.10. The molecule has 1 aliphatic heterocycles. The van der Waals surface area contributed by atoms with Crippen LogP contribution in [0.3, 0.4) is 0 Å². The number of aromatic nitrogens is 1. The number of aromatic amines is 1. The average molecular weight is 292 g/mol. The van der Waals surface area contributed by atoms with Crippen LogP contribution < -0.4 is 0 Å². The Balaban J connectivity index is 1.52. The zero-order chi connectivity index (χ0) is 14.9. The summed E-state index contributed by atoms with van der Waals surface area (Å²) in [5.74, 6) is 0. The largest absolute Gasteiger partial charge is 0.387 e. The van der Waals surface area contributed by atoms with Crippen molar-refractivity contribution in [2.24, 2.45) is 0 Å². The number of rotatable bonds is 3. The van der Waals surface area contributed by atoms with Gasteiger partial charge in [0.25, 0.3) is 0 Å². The van der Waals surface area contributed by atoms with E-state index in [4.69, 9.17) is 0 Å². The maximum absolute atomic E-state index is 10.6. The van der Waals surface area contributed by atoms with Gasteiger partial charge in [0, 0.05) is 42.3 Å². The summed E-state index contributed by atoms with van der Waals surface area (Å²) in [7, 11) is 0. The number of nitrogens with zero attached hydrogens (tertiary/aromatic N) is 1. The molecule has 112 valence electrons. The lowest BCUT2D eigenvalue weighted by Gasteiger charge is -2.30. The van der Waals surface area contributed by atoms with Crippen molar-refractivity contribution in [2.45, 2.75) is 19.1 Å². The first-order valence-electron chi connectivity index (χ1n) is 7.84. The van der Waals surface area contributed by atoms with E-state index in [0.29, 0.717) is 6.54 Å². The number of hydrogen-bond acceptors (Lipinski definition) is 2. The normalized spacial score (nSPS) is 16.6. The number of aliphatic hydroxyl groups is 1. The smallest absolute Gasteiger partial charge is 0.0937 e. The molecule has 2 N–H and O–H groups in total. The molecule has 22 heavy (non-hydrogen) atoms. The number of para-hydroxylation sites is 1. The molecule has 0 saturated heterocycles. The molecule has 3 heteroatoms. The standard InChI is InChI=1S/C19H20N2O/c22-19(17-11-20-18-8-4-3-7-16(17)18)13-21-10-9-14-5-1-2-6-15(14)12-21/h1-8,11,19-20,22H,9-10,12-13H2/t19-/m0/s1. The summed E-state index contributed by atoms with van der Waals surface area (Å²) in [4.78, 5) is 5.59. The van der Waals surface area contributed by atoms with Crippen LogP contribution in [0.15, 0.2) is 54.7 Å². The molecule has 0 aliphatic carbocycles. The van der Waals surface area contributed by atoms with E-state index in [2.05, 4.69) is 40.2 Å². The second-order valence-corrected chi connectivity index (χ2v) is 6.06. The van der Waals surface area contributed by atoms with Crippen molar-refractivity contribution in [1.29, 1.82) is 0 Å². The summed E-state index contributed by atoms with van der Waals surface area (Å²) in [6, 6.07) is 16.7. The predicted octanol–water partition coefficient (Wildman–Crippen LogP) is 3.26. The number of hydrogen-bond donors (Lipinski definition) is 2. The van der Waals surface area contributed by atoms with Crippen LogP contribution in [-0.2, 0) is 13.0 Å². The van der Waals surface area contributed by atoms with Crippen LogP contribution in [0, 0.1) is 0 Å². The third kappa shape index (κ3) is 2.43. The molecule has 3 aromatic rings. The highest BCUT2D eigenvalue weighted by Crippen LogP contribution is 2.26. The van der Waals surface area contributed by atoms with Gasteiger partial charge in [-0.1, -0.05) is 42.5 Å². The van der Waals surface area contributed by atoms with Gasteiger partial charge in [-0.05, 0) is 23.6 Å². The van der Waals surface area contributed by atoms with E-state index in [9.17, 15) is 5.11 Å². The summed E-state index contributed by atoms with van der Waals surface area (Å²) in [6.07, 6.45) is 2.55. The highest BCUT2D eigenvalue weighted by molar-refractivity contribution is 5.83. The fraction of sp³-hybridized carbons (Fsp3) is 0.263. The minimum absolute atomic E-state index is 0.457. The Bertz CT molecular complexity index is 793. The van der Waals surface area contributed by atoms with Gasteiger partial charge in [-0.3, -0.25) is 4.90 Å². The summed E-state index contributed by atoms with van der Waals surface area (Å²) in [5.41, 5.74) is 4.91. The van der Waals surface area contributed by atoms with Crippen molar-refractivity contribution in [3.8, 4) is 0 Å². The minimum atomic E-state index is -0.457. The van der Waals surface area contributed by atoms with E-state index in [0.717, 1.165) is 36.0 Å². The molecule has 0 saturated carbocycles. The summed E-state index contributed by atoms with van der Waals surface area (Å²) < 4.78 is 0. The lowest BCUT2D eigenvalue weighted by atomic mass is 9.99. The quantitative estimate of drug-likeness (QED) is 0.778. The molecule has 1 aromatic heterocycles. The molecule has 2 heterocycles. The van der Waals surface area contributed by atoms with E-state index in [1.807, 2.05) is 24.4 Å². The van der Waals surface area contributed by atoms with Crippen LogP contribution in [0.5, 0.6) is 0 Å². The maximum Gasteiger partial charge on any atom is 0.0937 e. The Kier molecular flexibility index (Phi) is 3.45. The Morgan fingerprint density at radius 2 is 1.82 bits per heavy atom. The second kappa shape index (κ2) is 5.59. The van der Waals surface area contributed by atoms with Crippen LogP contribution in [0.4, 0.5) is 0 Å². The topological polar surface area (TPSA) is 39.3 Å². The molecule has 0 fully saturated rings. The summed E-state index contributed by atoms with van der Waals surface area (Å²) in [6.45, 7) is 2.61. The van der Waals surface area contributed by atoms with E-state index in [1.54, 1.807) is 0 Å². The number of β-amino-alcohol motifs (C(OH)–C–C–N with tert-alkyl or cyclic N) is 1. The molecule has 0 radical (unpaired) electrons. The van der Waals surface area contributed by atoms with Crippen molar-refractivity contribution in [3.63, 3.8) is 0 Å². The molecule has 0 bridgehead atoms. The number of aliphatic hydroxyl groups excluding tert-OH is 1. The van der Waals surface area contributed by atoms with Crippen molar-refractivity contribution < 1.29 is 5.11 Å². The van der Waals surface area contributed by atoms with Gasteiger partial charge < -0.3 is 10.1 Å². The molecule has 1 atom stereocenters. The van der Waals surface area contributed by atoms with Gasteiger partial charge in [-0.15, -0.1) is 0 Å². The fourth-order valence-corrected chi connectivity index (χ4v) is 3.42. The zero-order valence-electron chi connectivity index (χ0n) is 12.5. The van der Waals surface area contributed by atoms with Gasteiger partial charge >= 0.3 is 0 Å². The van der Waals surface area contributed by atoms with Crippen LogP contribution >= 0.6 is 0 Å². The molecule has 0 amide bonds. The number of H-pyrrole nitrogens is 1. The third-order valence-corrected chi connectivity index (χ3v) is 4.62. The maximum atomic E-state index is 10.6. The first-order chi connectivity index (χ1) is 10.8. The number of nitrogens with one attached hydrogen (secondary N) is 1. The molecule has 1 aliphatic rings. The molecule has 2 aromatic carbocycles. The van der Waals surface area contributed by atoms with Crippen molar-refractivity contribution >= 4 is 10.9 Å². The molecular weight excluding hydrogens is 272 g/mol. The Morgan fingerprint density at radius 1 is 1.05 bits per heavy atom. The first-order valence-corrected chi connectivity index (χ1v) is 7.84. The van der Waals surface area contributed by atoms with Crippen molar-refractivity contribution in [2.75, 3.05) is 13.1 Å². The van der Waals surface area contributed by atoms with E-state index in [1.165, 1.54) is 11.1 Å². The third-order valence-electron chi connectivity index (χ3n) is 4.62. The van der Waals surface area contributed by atoms with Gasteiger partial charge in [0.1, 0.15) is 0 Å². The van der Waals surface area contributed by atoms with Gasteiger partial charge in [-0.2, -0.15) is 0 Å². The zero-order valence-corrected chi connectivity index (χ0v) is 12.5. The van der Waals surface area contributed by atoms with Crippen LogP contribution in [-0.4, -0.2) is 28.1 Å². The number of benzene rings is 2. The Morgan fingerprint density at radius 3 is 2.73 bits per heavy atom. The second-order valence-electron chi connectivity index (χ2n) is 6.06. The van der Waals surface area contributed by atoms with Crippen LogP contribution in [0.1, 0.15) is 22.8 Å². The van der Waals surface area contributed by atoms with E-state index < -0.39 is 6.10 Å². The molecule has 3 nitrogen and oxygen atoms in total. The van der Waals surface area contributed by atoms with E-state index in [-0.39, 0.29) is 0 Å². The van der Waals surface area contributed by atoms with E-state index >= 15 is 0 Å². The number of fused-ring (bicyclic) bond motifs is 2. The summed E-state index contributed by atoms with van der Waals surface area (Å²) in [5, 5.41) is 11.8. The van der Waals surface area contributed by atoms with Gasteiger partial charge in [0.2, 0.25) is 0 Å². The minimum Gasteiger partial charge on any atom is -0.387 e. The van der Waals surface area contributed by atoms with Crippen LogP contribution in [0.2, 0.25) is 0 Å². The highest BCUT2D eigenvalue weighted by atomic mass is 16.3. The fourth-order valence-electron chi connectivity index (χ4n) is 3.42. The van der Waals surface area contributed by atoms with Crippen LogP contribution in [0.25, 0.3) is 10.9 Å². The van der Waals surface area contributed by atoms with Gasteiger partial charge in [0.05, 0.1) is 6.10 Å². The average Bonchev–Trinajstić information content (AvgIpc) is 2.99.